The highest BCUT2D eigenvalue weighted by molar-refractivity contribution is 6.30. The van der Waals surface area contributed by atoms with E-state index in [1.54, 1.807) is 31.3 Å². The highest BCUT2D eigenvalue weighted by Gasteiger charge is 2.34. The Balaban J connectivity index is 2.00. The maximum absolute atomic E-state index is 12.6. The Kier molecular flexibility index (Phi) is 6.00. The number of rotatable bonds is 7. The highest BCUT2D eigenvalue weighted by Crippen LogP contribution is 2.30. The fourth-order valence-corrected chi connectivity index (χ4v) is 3.35. The van der Waals surface area contributed by atoms with Crippen LogP contribution in [0.4, 0.5) is 0 Å². The Morgan fingerprint density at radius 1 is 1.14 bits per heavy atom. The van der Waals surface area contributed by atoms with Gasteiger partial charge in [-0.15, -0.1) is 0 Å². The SMILES string of the molecule is CC(=O)C(C)(Cc1ccccc1)c1ccnc(C(C=N)c2ccc(Cl)cc2)n1. The summed E-state index contributed by atoms with van der Waals surface area (Å²) in [4.78, 5) is 21.7. The van der Waals surface area contributed by atoms with Crippen LogP contribution >= 0.6 is 11.6 Å². The van der Waals surface area contributed by atoms with Crippen molar-refractivity contribution < 1.29 is 4.79 Å². The average Bonchev–Trinajstić information content (AvgIpc) is 2.71. The van der Waals surface area contributed by atoms with Crippen LogP contribution in [0.25, 0.3) is 0 Å². The fourth-order valence-electron chi connectivity index (χ4n) is 3.22. The molecule has 0 amide bonds. The largest absolute Gasteiger partial charge is 0.312 e. The zero-order chi connectivity index (χ0) is 20.1. The van der Waals surface area contributed by atoms with E-state index in [0.29, 0.717) is 23.0 Å². The summed E-state index contributed by atoms with van der Waals surface area (Å²) in [6.07, 6.45) is 3.52. The molecule has 1 N–H and O–H groups in total. The number of carbonyl (C=O) groups is 1. The third kappa shape index (κ3) is 4.18. The summed E-state index contributed by atoms with van der Waals surface area (Å²) in [5.41, 5.74) is 1.84. The summed E-state index contributed by atoms with van der Waals surface area (Å²) in [6.45, 7) is 3.51. The Morgan fingerprint density at radius 3 is 2.43 bits per heavy atom. The van der Waals surface area contributed by atoms with Crippen LogP contribution in [0.3, 0.4) is 0 Å². The van der Waals surface area contributed by atoms with E-state index in [4.69, 9.17) is 22.0 Å². The van der Waals surface area contributed by atoms with Gasteiger partial charge in [0.15, 0.2) is 0 Å². The van der Waals surface area contributed by atoms with Gasteiger partial charge in [0.2, 0.25) is 0 Å². The molecule has 0 spiro atoms. The number of aromatic nitrogens is 2. The van der Waals surface area contributed by atoms with Crippen LogP contribution in [0.5, 0.6) is 0 Å². The minimum atomic E-state index is -0.772. The molecule has 0 aliphatic carbocycles. The van der Waals surface area contributed by atoms with Crippen molar-refractivity contribution in [2.45, 2.75) is 31.6 Å². The van der Waals surface area contributed by atoms with Crippen LogP contribution in [-0.2, 0) is 16.6 Å². The molecular formula is C23H22ClN3O. The van der Waals surface area contributed by atoms with Gasteiger partial charge in [0, 0.05) is 17.4 Å². The van der Waals surface area contributed by atoms with E-state index in [1.807, 2.05) is 49.4 Å². The van der Waals surface area contributed by atoms with Crippen molar-refractivity contribution >= 4 is 23.6 Å². The smallest absolute Gasteiger partial charge is 0.141 e. The van der Waals surface area contributed by atoms with Gasteiger partial charge in [-0.1, -0.05) is 54.1 Å². The first-order valence-electron chi connectivity index (χ1n) is 9.08. The third-order valence-electron chi connectivity index (χ3n) is 5.09. The molecule has 1 aromatic heterocycles. The molecule has 0 bridgehead atoms. The van der Waals surface area contributed by atoms with Gasteiger partial charge in [-0.2, -0.15) is 0 Å². The lowest BCUT2D eigenvalue weighted by Crippen LogP contribution is -2.34. The zero-order valence-corrected chi connectivity index (χ0v) is 16.6. The van der Waals surface area contributed by atoms with Crippen molar-refractivity contribution in [1.29, 1.82) is 5.41 Å². The molecule has 4 nitrogen and oxygen atoms in total. The average molecular weight is 392 g/mol. The molecule has 0 saturated heterocycles. The molecule has 0 aliphatic rings. The first kappa shape index (κ1) is 19.9. The summed E-state index contributed by atoms with van der Waals surface area (Å²) in [5.74, 6) is 0.138. The molecule has 5 heteroatoms. The standard InChI is InChI=1S/C23H22ClN3O/c1-16(28)23(2,14-17-6-4-3-5-7-17)21-12-13-26-22(27-21)20(15-25)18-8-10-19(24)11-9-18/h3-13,15,20,25H,14H2,1-2H3. The van der Waals surface area contributed by atoms with Crippen molar-refractivity contribution in [3.05, 3.63) is 94.5 Å². The lowest BCUT2D eigenvalue weighted by atomic mass is 9.77. The van der Waals surface area contributed by atoms with Gasteiger partial charge in [0.1, 0.15) is 11.6 Å². The molecule has 2 unspecified atom stereocenters. The summed E-state index contributed by atoms with van der Waals surface area (Å²) in [6, 6.07) is 19.0. The number of Topliss-reactive ketones (excluding diaryl/α,β-unsaturated/α-hetero) is 1. The van der Waals surface area contributed by atoms with Crippen LogP contribution in [0.1, 0.15) is 42.4 Å². The van der Waals surface area contributed by atoms with E-state index >= 15 is 0 Å². The van der Waals surface area contributed by atoms with E-state index in [9.17, 15) is 4.79 Å². The second-order valence-electron chi connectivity index (χ2n) is 7.05. The van der Waals surface area contributed by atoms with Gasteiger partial charge in [0.05, 0.1) is 17.0 Å². The molecule has 0 aliphatic heterocycles. The Labute approximate surface area is 170 Å². The number of halogens is 1. The van der Waals surface area contributed by atoms with Gasteiger partial charge in [-0.25, -0.2) is 9.97 Å². The molecule has 142 valence electrons. The van der Waals surface area contributed by atoms with Gasteiger partial charge < -0.3 is 5.41 Å². The number of hydrogen-bond acceptors (Lipinski definition) is 4. The molecule has 2 atom stereocenters. The minimum Gasteiger partial charge on any atom is -0.312 e. The van der Waals surface area contributed by atoms with Gasteiger partial charge in [-0.05, 0) is 49.6 Å². The minimum absolute atomic E-state index is 0.0406. The predicted molar refractivity (Wildman–Crippen MR) is 112 cm³/mol. The summed E-state index contributed by atoms with van der Waals surface area (Å²) in [5, 5.41) is 8.51. The predicted octanol–water partition coefficient (Wildman–Crippen LogP) is 5.00. The van der Waals surface area contributed by atoms with E-state index in [1.165, 1.54) is 6.21 Å². The molecule has 3 rings (SSSR count). The van der Waals surface area contributed by atoms with Gasteiger partial charge in [0.25, 0.3) is 0 Å². The fraction of sp³-hybridized carbons (Fsp3) is 0.217. The first-order chi connectivity index (χ1) is 13.4. The second kappa shape index (κ2) is 8.44. The summed E-state index contributed by atoms with van der Waals surface area (Å²) in [7, 11) is 0. The van der Waals surface area contributed by atoms with Crippen LogP contribution in [0.2, 0.25) is 5.02 Å². The monoisotopic (exact) mass is 391 g/mol. The molecule has 2 aromatic carbocycles. The lowest BCUT2D eigenvalue weighted by molar-refractivity contribution is -0.122. The number of nitrogens with zero attached hydrogens (tertiary/aromatic N) is 2. The quantitative estimate of drug-likeness (QED) is 0.576. The normalized spacial score (nSPS) is 14.1. The van der Waals surface area contributed by atoms with Gasteiger partial charge >= 0.3 is 0 Å². The van der Waals surface area contributed by atoms with Crippen molar-refractivity contribution in [2.24, 2.45) is 0 Å². The molecule has 0 radical (unpaired) electrons. The topological polar surface area (TPSA) is 66.7 Å². The molecule has 28 heavy (non-hydrogen) atoms. The van der Waals surface area contributed by atoms with Crippen molar-refractivity contribution in [3.63, 3.8) is 0 Å². The summed E-state index contributed by atoms with van der Waals surface area (Å²) < 4.78 is 0. The highest BCUT2D eigenvalue weighted by atomic mass is 35.5. The maximum Gasteiger partial charge on any atom is 0.141 e. The van der Waals surface area contributed by atoms with Crippen molar-refractivity contribution in [3.8, 4) is 0 Å². The van der Waals surface area contributed by atoms with E-state index in [0.717, 1.165) is 11.1 Å². The number of benzene rings is 2. The molecule has 0 saturated carbocycles. The molecular weight excluding hydrogens is 370 g/mol. The number of hydrogen-bond donors (Lipinski definition) is 1. The molecule has 1 heterocycles. The second-order valence-corrected chi connectivity index (χ2v) is 7.48. The number of carbonyl (C=O) groups excluding carboxylic acids is 1. The lowest BCUT2D eigenvalue weighted by Gasteiger charge is -2.27. The maximum atomic E-state index is 12.6. The summed E-state index contributed by atoms with van der Waals surface area (Å²) >= 11 is 5.98. The molecule has 0 fully saturated rings. The Bertz CT molecular complexity index is 973. The van der Waals surface area contributed by atoms with Crippen molar-refractivity contribution in [1.82, 2.24) is 9.97 Å². The van der Waals surface area contributed by atoms with Crippen LogP contribution in [-0.4, -0.2) is 22.0 Å². The zero-order valence-electron chi connectivity index (χ0n) is 15.9. The van der Waals surface area contributed by atoms with Crippen molar-refractivity contribution in [2.75, 3.05) is 0 Å². The van der Waals surface area contributed by atoms with Crippen LogP contribution in [0, 0.1) is 5.41 Å². The van der Waals surface area contributed by atoms with Crippen LogP contribution < -0.4 is 0 Å². The number of nitrogens with one attached hydrogen (secondary N) is 1. The Hall–Kier alpha value is -2.85. The van der Waals surface area contributed by atoms with Crippen LogP contribution in [0.15, 0.2) is 66.9 Å². The van der Waals surface area contributed by atoms with E-state index in [2.05, 4.69) is 4.98 Å². The third-order valence-corrected chi connectivity index (χ3v) is 5.34. The van der Waals surface area contributed by atoms with Gasteiger partial charge in [-0.3, -0.25) is 4.79 Å². The first-order valence-corrected chi connectivity index (χ1v) is 9.46. The molecule has 3 aromatic rings. The Morgan fingerprint density at radius 2 is 1.82 bits per heavy atom. The number of ketones is 1. The van der Waals surface area contributed by atoms with E-state index in [-0.39, 0.29) is 5.78 Å². The van der Waals surface area contributed by atoms with E-state index < -0.39 is 11.3 Å².